The summed E-state index contributed by atoms with van der Waals surface area (Å²) >= 11 is 0. The van der Waals surface area contributed by atoms with Gasteiger partial charge in [0.25, 0.3) is 15.9 Å². The summed E-state index contributed by atoms with van der Waals surface area (Å²) in [5, 5.41) is 5.45. The Morgan fingerprint density at radius 1 is 0.964 bits per heavy atom. The number of carbonyl (C=O) groups is 5. The summed E-state index contributed by atoms with van der Waals surface area (Å²) < 4.78 is 50.7. The fraction of sp³-hybridized carbons (Fsp3) is 0.553. The van der Waals surface area contributed by atoms with Crippen molar-refractivity contribution in [3.8, 4) is 11.5 Å². The van der Waals surface area contributed by atoms with Crippen LogP contribution in [0.2, 0.25) is 0 Å². The Kier molecular flexibility index (Phi) is 10.5. The Morgan fingerprint density at radius 2 is 1.58 bits per heavy atom. The fourth-order valence-corrected chi connectivity index (χ4v) is 8.29. The van der Waals surface area contributed by atoms with Crippen LogP contribution in [0.3, 0.4) is 0 Å². The van der Waals surface area contributed by atoms with Gasteiger partial charge in [-0.05, 0) is 73.9 Å². The topological polar surface area (TPSA) is 199 Å². The summed E-state index contributed by atoms with van der Waals surface area (Å²) in [5.74, 6) is -1.47. The lowest BCUT2D eigenvalue weighted by atomic mass is 9.85. The normalized spacial score (nSPS) is 23.4. The van der Waals surface area contributed by atoms with Crippen molar-refractivity contribution in [1.29, 1.82) is 0 Å². The molecule has 5 atom stereocenters. The summed E-state index contributed by atoms with van der Waals surface area (Å²) in [6.45, 7) is 12.5. The van der Waals surface area contributed by atoms with Gasteiger partial charge in [-0.1, -0.05) is 52.3 Å². The van der Waals surface area contributed by atoms with E-state index in [1.165, 1.54) is 34.1 Å². The number of nitrogens with one attached hydrogen (secondary N) is 3. The number of rotatable bonds is 9. The molecule has 5 amide bonds. The molecular formula is C38H49N5O11S. The Labute approximate surface area is 320 Å². The number of likely N-dealkylation sites (tertiary alicyclic amines) is 1. The molecule has 17 heteroatoms. The summed E-state index contributed by atoms with van der Waals surface area (Å²) in [5.41, 5.74) is -1.55. The molecule has 3 N–H and O–H groups in total. The van der Waals surface area contributed by atoms with Crippen LogP contribution in [0.15, 0.2) is 47.4 Å². The van der Waals surface area contributed by atoms with E-state index in [1.807, 2.05) is 19.1 Å². The lowest BCUT2D eigenvalue weighted by Gasteiger charge is -2.36. The maximum atomic E-state index is 14.5. The van der Waals surface area contributed by atoms with Crippen molar-refractivity contribution in [2.24, 2.45) is 11.3 Å². The molecule has 3 heterocycles. The van der Waals surface area contributed by atoms with Crippen LogP contribution in [0, 0.1) is 11.3 Å². The molecule has 1 saturated carbocycles. The van der Waals surface area contributed by atoms with Crippen molar-refractivity contribution in [2.45, 2.75) is 115 Å². The van der Waals surface area contributed by atoms with Gasteiger partial charge in [-0.3, -0.25) is 19.3 Å². The Morgan fingerprint density at radius 3 is 2.13 bits per heavy atom. The molecular weight excluding hydrogens is 735 g/mol. The number of hydrogen-bond acceptors (Lipinski definition) is 11. The van der Waals surface area contributed by atoms with E-state index in [4.69, 9.17) is 18.9 Å². The third kappa shape index (κ3) is 8.45. The van der Waals surface area contributed by atoms with Crippen molar-refractivity contribution < 1.29 is 51.3 Å². The zero-order valence-electron chi connectivity index (χ0n) is 32.1. The number of nitrogens with zero attached hydrogens (tertiary/aromatic N) is 2. The zero-order valence-corrected chi connectivity index (χ0v) is 32.9. The van der Waals surface area contributed by atoms with Crippen molar-refractivity contribution in [3.05, 3.63) is 53.6 Å². The number of alkyl carbamates (subject to hydrolysis) is 1. The van der Waals surface area contributed by atoms with Crippen molar-refractivity contribution in [2.75, 3.05) is 13.3 Å². The average molecular weight is 784 g/mol. The van der Waals surface area contributed by atoms with Gasteiger partial charge in [0.2, 0.25) is 18.6 Å². The Hall–Kier alpha value is -5.06. The number of ether oxygens (including phenoxy) is 4. The number of amides is 5. The molecule has 4 aliphatic rings. The van der Waals surface area contributed by atoms with Gasteiger partial charge in [-0.15, -0.1) is 0 Å². The molecule has 2 fully saturated rings. The van der Waals surface area contributed by atoms with Gasteiger partial charge < -0.3 is 34.5 Å². The highest BCUT2D eigenvalue weighted by atomic mass is 32.2. The van der Waals surface area contributed by atoms with E-state index in [2.05, 4.69) is 15.4 Å². The summed E-state index contributed by atoms with van der Waals surface area (Å²) in [7, 11) is -4.26. The molecule has 1 saturated heterocycles. The van der Waals surface area contributed by atoms with Crippen LogP contribution in [0.1, 0.15) is 78.9 Å². The van der Waals surface area contributed by atoms with E-state index < -0.39 is 74.7 Å². The number of fused-ring (bicyclic) bond motifs is 2. The minimum Gasteiger partial charge on any atom is -0.454 e. The number of carbonyl (C=O) groups excluding carboxylic acids is 5. The maximum absolute atomic E-state index is 14.5. The van der Waals surface area contributed by atoms with E-state index >= 15 is 0 Å². The van der Waals surface area contributed by atoms with Gasteiger partial charge in [0.1, 0.15) is 29.3 Å². The lowest BCUT2D eigenvalue weighted by molar-refractivity contribution is -0.143. The van der Waals surface area contributed by atoms with Gasteiger partial charge in [0.05, 0.1) is 11.4 Å². The first-order valence-corrected chi connectivity index (χ1v) is 19.8. The number of sulfonamides is 1. The average Bonchev–Trinajstić information content (AvgIpc) is 3.43. The molecule has 16 nitrogen and oxygen atoms in total. The third-order valence-electron chi connectivity index (χ3n) is 10.2. The highest BCUT2D eigenvalue weighted by Crippen LogP contribution is 2.47. The van der Waals surface area contributed by atoms with Gasteiger partial charge in [-0.2, -0.15) is 0 Å². The smallest absolute Gasteiger partial charge is 0.410 e. The van der Waals surface area contributed by atoms with E-state index in [-0.39, 0.29) is 50.1 Å². The van der Waals surface area contributed by atoms with Gasteiger partial charge in [-0.25, -0.2) is 22.7 Å². The molecule has 298 valence electrons. The zero-order chi connectivity index (χ0) is 40.1. The van der Waals surface area contributed by atoms with Crippen LogP contribution in [0.4, 0.5) is 9.59 Å². The lowest BCUT2D eigenvalue weighted by Crippen LogP contribution is -2.60. The second kappa shape index (κ2) is 14.5. The molecule has 1 aliphatic carbocycles. The summed E-state index contributed by atoms with van der Waals surface area (Å²) in [4.78, 5) is 71.6. The molecule has 0 bridgehead atoms. The minimum absolute atomic E-state index is 0.117. The number of benzene rings is 2. The first-order chi connectivity index (χ1) is 25.7. The monoisotopic (exact) mass is 783 g/mol. The fourth-order valence-electron chi connectivity index (χ4n) is 7.23. The molecule has 55 heavy (non-hydrogen) atoms. The molecule has 0 spiro atoms. The third-order valence-corrected chi connectivity index (χ3v) is 11.5. The molecule has 6 rings (SSSR count). The molecule has 1 unspecified atom stereocenters. The Bertz CT molecular complexity index is 1940. The second-order valence-corrected chi connectivity index (χ2v) is 18.2. The second-order valence-electron chi connectivity index (χ2n) is 16.5. The van der Waals surface area contributed by atoms with Crippen molar-refractivity contribution >= 4 is 39.9 Å². The summed E-state index contributed by atoms with van der Waals surface area (Å²) in [6, 6.07) is 8.61. The SMILES string of the molecule is CC[C@H]1C[C@@]1(NC(=O)C1C[C@@H](OC(=O)N2Cc3cc4c(cc3C2)OCO4)CN1C(=O)[C@@H](NC(=O)OC(C)(C)C)C(C)(C)C)C(=O)NS(=O)(=O)c1ccccc1. The summed E-state index contributed by atoms with van der Waals surface area (Å²) in [6.07, 6.45) is -1.94. The van der Waals surface area contributed by atoms with Crippen LogP contribution >= 0.6 is 0 Å². The van der Waals surface area contributed by atoms with Gasteiger partial charge >= 0.3 is 12.2 Å². The highest BCUT2D eigenvalue weighted by molar-refractivity contribution is 7.90. The predicted molar refractivity (Wildman–Crippen MR) is 196 cm³/mol. The van der Waals surface area contributed by atoms with Crippen LogP contribution < -0.4 is 24.8 Å². The minimum atomic E-state index is -4.26. The van der Waals surface area contributed by atoms with Crippen LogP contribution in [0.25, 0.3) is 0 Å². The van der Waals surface area contributed by atoms with Gasteiger partial charge in [0, 0.05) is 19.5 Å². The molecule has 0 radical (unpaired) electrons. The first-order valence-electron chi connectivity index (χ1n) is 18.3. The standard InChI is InChI=1S/C38H49N5O11S/c1-8-24-17-38(24,33(46)41-55(49,50)26-12-10-9-11-13-26)40-31(44)27-16-25(20-43(27)32(45)30(36(2,3)4)39-34(47)54-37(5,6)7)53-35(48)42-18-22-14-28-29(52-21-51-28)15-23(22)19-42/h9-15,24-25,27,30H,8,16-21H2,1-7H3,(H,39,47)(H,40,44)(H,41,46)/t24-,25+,27?,30+,38-/m0/s1. The molecule has 2 aromatic rings. The molecule has 0 aromatic heterocycles. The van der Waals surface area contributed by atoms with E-state index in [1.54, 1.807) is 47.6 Å². The highest BCUT2D eigenvalue weighted by Gasteiger charge is 2.62. The van der Waals surface area contributed by atoms with Crippen LogP contribution in [-0.2, 0) is 47.0 Å². The van der Waals surface area contributed by atoms with E-state index in [0.717, 1.165) is 11.1 Å². The van der Waals surface area contributed by atoms with Crippen LogP contribution in [-0.4, -0.2) is 90.8 Å². The molecule has 2 aromatic carbocycles. The predicted octanol–water partition coefficient (Wildman–Crippen LogP) is 3.57. The van der Waals surface area contributed by atoms with E-state index in [0.29, 0.717) is 17.9 Å². The van der Waals surface area contributed by atoms with Crippen molar-refractivity contribution in [1.82, 2.24) is 25.2 Å². The van der Waals surface area contributed by atoms with Gasteiger partial charge in [0.15, 0.2) is 11.5 Å². The van der Waals surface area contributed by atoms with Crippen LogP contribution in [0.5, 0.6) is 11.5 Å². The number of hydrogen-bond donors (Lipinski definition) is 3. The Balaban J connectivity index is 1.23. The first kappa shape index (κ1) is 39.6. The molecule has 3 aliphatic heterocycles. The van der Waals surface area contributed by atoms with E-state index in [9.17, 15) is 32.4 Å². The quantitative estimate of drug-likeness (QED) is 0.336. The largest absolute Gasteiger partial charge is 0.454 e. The maximum Gasteiger partial charge on any atom is 0.410 e. The van der Waals surface area contributed by atoms with Crippen molar-refractivity contribution in [3.63, 3.8) is 0 Å².